The summed E-state index contributed by atoms with van der Waals surface area (Å²) in [6, 6.07) is 0. The molecule has 0 atom stereocenters. The molecule has 0 bridgehead atoms. The molecule has 0 saturated heterocycles. The zero-order chi connectivity index (χ0) is 57.4. The maximum Gasteiger partial charge on any atom is 3.00 e. The van der Waals surface area contributed by atoms with Crippen molar-refractivity contribution in [2.24, 2.45) is 0 Å². The average molecular weight is 1130 g/mol. The summed E-state index contributed by atoms with van der Waals surface area (Å²) in [4.78, 5) is 30.9. The van der Waals surface area contributed by atoms with Crippen LogP contribution in [0.25, 0.3) is 0 Å². The summed E-state index contributed by atoms with van der Waals surface area (Å²) < 4.78 is 0. The van der Waals surface area contributed by atoms with Crippen molar-refractivity contribution < 1.29 is 29.7 Å². The van der Waals surface area contributed by atoms with Crippen molar-refractivity contribution in [1.82, 2.24) is 0 Å². The third-order valence-electron chi connectivity index (χ3n) is 16.5. The average Bonchev–Trinajstić information content (AvgIpc) is 3.42. The van der Waals surface area contributed by atoms with Crippen molar-refractivity contribution in [3.63, 3.8) is 0 Å². The molecule has 0 heterocycles. The predicted octanol–water partition coefficient (Wildman–Crippen LogP) is 21.6. The SMILES string of the molecule is CCCCCCCCCCCCCCCCCCCCCCCC(=O)[O-].CCCCCCCCCCCCCCCCCCCCCCCC(=O)[O-].CCCCCCCCCCCCCCCCCCCCCCCC(=O)[O-].[Al+3]. The molecule has 0 amide bonds. The molecule has 7 heteroatoms. The molecule has 0 unspecified atom stereocenters. The molecule has 0 fully saturated rings. The van der Waals surface area contributed by atoms with Crippen LogP contribution >= 0.6 is 0 Å². The first-order chi connectivity index (χ1) is 38.3. The number of carbonyl (C=O) groups excluding carboxylic acids is 3. The molecule has 0 aliphatic heterocycles. The van der Waals surface area contributed by atoms with Crippen LogP contribution in [0.4, 0.5) is 0 Å². The Morgan fingerprint density at radius 3 is 0.316 bits per heavy atom. The van der Waals surface area contributed by atoms with E-state index in [9.17, 15) is 29.7 Å². The Bertz CT molecular complexity index is 967. The van der Waals surface area contributed by atoms with Gasteiger partial charge in [-0.2, -0.15) is 0 Å². The number of carbonyl (C=O) groups is 3. The first-order valence-corrected chi connectivity index (χ1v) is 35.9. The number of hydrogen-bond donors (Lipinski definition) is 0. The van der Waals surface area contributed by atoms with Crippen molar-refractivity contribution in [1.29, 1.82) is 0 Å². The van der Waals surface area contributed by atoms with Crippen LogP contribution in [0.3, 0.4) is 0 Å². The van der Waals surface area contributed by atoms with Crippen LogP contribution < -0.4 is 15.3 Å². The van der Waals surface area contributed by atoms with Gasteiger partial charge in [0.1, 0.15) is 0 Å². The Hall–Kier alpha value is -1.06. The molecule has 0 spiro atoms. The molecule has 0 aromatic heterocycles. The van der Waals surface area contributed by atoms with E-state index in [1.165, 1.54) is 366 Å². The molecule has 0 saturated carbocycles. The summed E-state index contributed by atoms with van der Waals surface area (Å²) in [6.07, 6.45) is 86.1. The van der Waals surface area contributed by atoms with Gasteiger partial charge in [-0.1, -0.05) is 406 Å². The summed E-state index contributed by atoms with van der Waals surface area (Å²) in [7, 11) is 0. The van der Waals surface area contributed by atoms with Gasteiger partial charge in [0.05, 0.1) is 0 Å². The van der Waals surface area contributed by atoms with E-state index in [4.69, 9.17) is 0 Å². The number of hydrogen-bond acceptors (Lipinski definition) is 6. The fourth-order valence-electron chi connectivity index (χ4n) is 11.1. The third kappa shape index (κ3) is 93.6. The second-order valence-electron chi connectivity index (χ2n) is 24.6. The quantitative estimate of drug-likeness (QED) is 0.0442. The second kappa shape index (κ2) is 81.2. The Balaban J connectivity index is -0.000000531. The smallest absolute Gasteiger partial charge is 0.550 e. The van der Waals surface area contributed by atoms with E-state index < -0.39 is 17.9 Å². The monoisotopic (exact) mass is 1130 g/mol. The molecule has 0 N–H and O–H groups in total. The van der Waals surface area contributed by atoms with Crippen LogP contribution in [0.1, 0.15) is 445 Å². The number of rotatable bonds is 66. The van der Waals surface area contributed by atoms with Crippen LogP contribution in [-0.4, -0.2) is 35.3 Å². The van der Waals surface area contributed by atoms with E-state index >= 15 is 0 Å². The molecule has 79 heavy (non-hydrogen) atoms. The van der Waals surface area contributed by atoms with Crippen molar-refractivity contribution in [3.05, 3.63) is 0 Å². The first kappa shape index (κ1) is 84.4. The molecule has 0 aliphatic rings. The van der Waals surface area contributed by atoms with Gasteiger partial charge in [0, 0.05) is 17.9 Å². The van der Waals surface area contributed by atoms with E-state index in [0.717, 1.165) is 38.5 Å². The largest absolute Gasteiger partial charge is 3.00 e. The fourth-order valence-corrected chi connectivity index (χ4v) is 11.1. The van der Waals surface area contributed by atoms with Gasteiger partial charge < -0.3 is 29.7 Å². The van der Waals surface area contributed by atoms with Gasteiger partial charge in [0.25, 0.3) is 0 Å². The predicted molar refractivity (Wildman–Crippen MR) is 343 cm³/mol. The first-order valence-electron chi connectivity index (χ1n) is 35.9. The summed E-state index contributed by atoms with van der Waals surface area (Å²) in [5.74, 6) is -2.70. The summed E-state index contributed by atoms with van der Waals surface area (Å²) in [5, 5.41) is 30.9. The minimum atomic E-state index is -0.900. The molecular formula is C72H141AlO6. The minimum Gasteiger partial charge on any atom is -0.550 e. The van der Waals surface area contributed by atoms with E-state index in [-0.39, 0.29) is 36.6 Å². The third-order valence-corrected chi connectivity index (χ3v) is 16.5. The van der Waals surface area contributed by atoms with Gasteiger partial charge in [0.2, 0.25) is 0 Å². The normalized spacial score (nSPS) is 11.0. The van der Waals surface area contributed by atoms with Gasteiger partial charge in [-0.3, -0.25) is 0 Å². The summed E-state index contributed by atoms with van der Waals surface area (Å²) in [5.41, 5.74) is 0. The maximum absolute atomic E-state index is 10.3. The van der Waals surface area contributed by atoms with E-state index in [2.05, 4.69) is 20.8 Å². The van der Waals surface area contributed by atoms with E-state index in [1.807, 2.05) is 0 Å². The Morgan fingerprint density at radius 2 is 0.241 bits per heavy atom. The molecule has 0 radical (unpaired) electrons. The molecular weight excluding hydrogens is 988 g/mol. The topological polar surface area (TPSA) is 120 Å². The molecule has 0 aliphatic carbocycles. The maximum atomic E-state index is 10.3. The zero-order valence-electron chi connectivity index (χ0n) is 54.2. The van der Waals surface area contributed by atoms with E-state index in [0.29, 0.717) is 0 Å². The number of carboxylic acid groups (broad SMARTS) is 3. The van der Waals surface area contributed by atoms with Crippen molar-refractivity contribution in [2.45, 2.75) is 445 Å². The number of carboxylic acids is 3. The Labute approximate surface area is 506 Å². The van der Waals surface area contributed by atoms with Crippen molar-refractivity contribution >= 4 is 35.3 Å². The van der Waals surface area contributed by atoms with Gasteiger partial charge in [-0.15, -0.1) is 0 Å². The standard InChI is InChI=1S/3C24H48O2.Al/c3*1-2-3-4-5-6-7-8-9-10-11-12-13-14-15-16-17-18-19-20-21-22-23-24(25)26;/h3*2-23H2,1H3,(H,25,26);/q;;;+3/p-3. The van der Waals surface area contributed by atoms with Crippen molar-refractivity contribution in [3.8, 4) is 0 Å². The van der Waals surface area contributed by atoms with Gasteiger partial charge in [-0.25, -0.2) is 0 Å². The molecule has 0 aromatic rings. The number of aliphatic carboxylic acids is 3. The van der Waals surface area contributed by atoms with Crippen LogP contribution in [0, 0.1) is 0 Å². The van der Waals surface area contributed by atoms with Gasteiger partial charge >= 0.3 is 17.4 Å². The van der Waals surface area contributed by atoms with Crippen LogP contribution in [0.2, 0.25) is 0 Å². The number of unbranched alkanes of at least 4 members (excludes halogenated alkanes) is 60. The molecule has 0 rings (SSSR count). The van der Waals surface area contributed by atoms with Crippen LogP contribution in [0.15, 0.2) is 0 Å². The van der Waals surface area contributed by atoms with Gasteiger partial charge in [-0.05, 0) is 38.5 Å². The second-order valence-corrected chi connectivity index (χ2v) is 24.6. The van der Waals surface area contributed by atoms with Crippen LogP contribution in [-0.2, 0) is 14.4 Å². The molecule has 6 nitrogen and oxygen atoms in total. The van der Waals surface area contributed by atoms with Gasteiger partial charge in [0.15, 0.2) is 0 Å². The van der Waals surface area contributed by atoms with Crippen LogP contribution in [0.5, 0.6) is 0 Å². The Kier molecular flexibility index (Phi) is 86.7. The van der Waals surface area contributed by atoms with E-state index in [1.54, 1.807) is 0 Å². The molecule has 468 valence electrons. The van der Waals surface area contributed by atoms with Crippen molar-refractivity contribution in [2.75, 3.05) is 0 Å². The fraction of sp³-hybridized carbons (Fsp3) is 0.958. The summed E-state index contributed by atoms with van der Waals surface area (Å²) in [6.45, 7) is 6.86. The molecule has 0 aromatic carbocycles. The summed E-state index contributed by atoms with van der Waals surface area (Å²) >= 11 is 0. The zero-order valence-corrected chi connectivity index (χ0v) is 55.4. The minimum absolute atomic E-state index is 0. The Morgan fingerprint density at radius 1 is 0.165 bits per heavy atom.